The van der Waals surface area contributed by atoms with Gasteiger partial charge in [0, 0.05) is 74.1 Å². The lowest BCUT2D eigenvalue weighted by molar-refractivity contribution is 0.720. The van der Waals surface area contributed by atoms with E-state index in [-0.39, 0.29) is 0 Å². The van der Waals surface area contributed by atoms with Crippen molar-refractivity contribution >= 4 is 108 Å². The molecular formula is C60H40N2S2. The second-order valence-electron chi connectivity index (χ2n) is 17.0. The molecule has 64 heavy (non-hydrogen) atoms. The van der Waals surface area contributed by atoms with Gasteiger partial charge in [0.05, 0.1) is 11.4 Å². The van der Waals surface area contributed by atoms with Gasteiger partial charge in [-0.25, -0.2) is 0 Å². The van der Waals surface area contributed by atoms with E-state index in [1.54, 1.807) is 0 Å². The zero-order chi connectivity index (χ0) is 42.4. The lowest BCUT2D eigenvalue weighted by atomic mass is 9.73. The van der Waals surface area contributed by atoms with Gasteiger partial charge in [0.1, 0.15) is 0 Å². The van der Waals surface area contributed by atoms with E-state index in [0.29, 0.717) is 0 Å². The van der Waals surface area contributed by atoms with Crippen LogP contribution in [0.5, 0.6) is 0 Å². The van der Waals surface area contributed by atoms with Crippen molar-refractivity contribution in [1.82, 2.24) is 0 Å². The highest BCUT2D eigenvalue weighted by Crippen LogP contribution is 2.62. The van der Waals surface area contributed by atoms with Gasteiger partial charge in [0.2, 0.25) is 0 Å². The fourth-order valence-corrected chi connectivity index (χ4v) is 12.8. The molecule has 0 radical (unpaired) electrons. The molecule has 1 unspecified atom stereocenters. The Morgan fingerprint density at radius 1 is 0.375 bits per heavy atom. The van der Waals surface area contributed by atoms with Crippen molar-refractivity contribution in [3.8, 4) is 11.1 Å². The zero-order valence-electron chi connectivity index (χ0n) is 35.1. The van der Waals surface area contributed by atoms with E-state index in [1.165, 1.54) is 78.9 Å². The van der Waals surface area contributed by atoms with Crippen molar-refractivity contribution < 1.29 is 0 Å². The zero-order valence-corrected chi connectivity index (χ0v) is 36.7. The van der Waals surface area contributed by atoms with E-state index in [4.69, 9.17) is 0 Å². The Morgan fingerprint density at radius 2 is 0.875 bits per heavy atom. The number of nitrogens with zero attached hydrogens (tertiary/aromatic N) is 2. The SMILES string of the molecule is CC1(c2ccccc2)c2ccc(N(c3ccccc3)c3ccc4sc5ccccc5c4c3)c(N(c3ccccc3)c3ccc4sc5ccccc5c4c3)c2-c2ccc3ccccc3c21. The maximum atomic E-state index is 2.55. The molecular weight excluding hydrogens is 813 g/mol. The number of hydrogen-bond acceptors (Lipinski definition) is 4. The van der Waals surface area contributed by atoms with Crippen LogP contribution in [0.4, 0.5) is 34.1 Å². The van der Waals surface area contributed by atoms with Gasteiger partial charge < -0.3 is 9.80 Å². The van der Waals surface area contributed by atoms with Crippen LogP contribution in [0.25, 0.3) is 62.2 Å². The largest absolute Gasteiger partial charge is 0.308 e. The van der Waals surface area contributed by atoms with Gasteiger partial charge in [0.15, 0.2) is 0 Å². The minimum atomic E-state index is -0.456. The molecule has 1 atom stereocenters. The number of rotatable bonds is 7. The van der Waals surface area contributed by atoms with Crippen LogP contribution in [0.2, 0.25) is 0 Å². The molecule has 0 saturated carbocycles. The lowest BCUT2D eigenvalue weighted by Crippen LogP contribution is -2.23. The number of thiophene rings is 2. The maximum absolute atomic E-state index is 2.55. The predicted molar refractivity (Wildman–Crippen MR) is 277 cm³/mol. The van der Waals surface area contributed by atoms with E-state index in [2.05, 4.69) is 241 Å². The molecule has 0 saturated heterocycles. The summed E-state index contributed by atoms with van der Waals surface area (Å²) in [7, 11) is 0. The summed E-state index contributed by atoms with van der Waals surface area (Å²) in [5.41, 5.74) is 12.6. The highest BCUT2D eigenvalue weighted by molar-refractivity contribution is 7.26. The Morgan fingerprint density at radius 3 is 1.50 bits per heavy atom. The van der Waals surface area contributed by atoms with Gasteiger partial charge in [-0.2, -0.15) is 0 Å². The first-order valence-corrected chi connectivity index (χ1v) is 23.6. The van der Waals surface area contributed by atoms with Crippen molar-refractivity contribution in [2.75, 3.05) is 9.80 Å². The number of hydrogen-bond donors (Lipinski definition) is 0. The molecule has 12 aromatic rings. The van der Waals surface area contributed by atoms with Crippen LogP contribution in [0, 0.1) is 0 Å². The van der Waals surface area contributed by atoms with E-state index in [1.807, 2.05) is 22.7 Å². The molecule has 302 valence electrons. The molecule has 0 bridgehead atoms. The van der Waals surface area contributed by atoms with Gasteiger partial charge >= 0.3 is 0 Å². The summed E-state index contributed by atoms with van der Waals surface area (Å²) in [4.78, 5) is 5.04. The van der Waals surface area contributed by atoms with Crippen molar-refractivity contribution in [1.29, 1.82) is 0 Å². The molecule has 2 heterocycles. The summed E-state index contributed by atoms with van der Waals surface area (Å²) in [5, 5.41) is 7.63. The molecule has 10 aromatic carbocycles. The fraction of sp³-hybridized carbons (Fsp3) is 0.0333. The molecule has 0 spiro atoms. The molecule has 0 amide bonds. The molecule has 1 aliphatic rings. The Labute approximate surface area is 380 Å². The summed E-state index contributed by atoms with van der Waals surface area (Å²) < 4.78 is 5.17. The first-order chi connectivity index (χ1) is 31.6. The maximum Gasteiger partial charge on any atom is 0.0784 e. The van der Waals surface area contributed by atoms with E-state index >= 15 is 0 Å². The standard InChI is InChI=1S/C60H40N2S2/c1-60(40-18-5-2-6-19-40)51-33-34-52(61(41-20-7-3-8-21-41)43-30-35-55-49(37-43)46-25-13-15-27-53(46)63-55)59(57(51)48-32-29-39-17-11-12-24-45(39)58(48)60)62(42-22-9-4-10-23-42)44-31-36-56-50(38-44)47-26-14-16-28-54(47)64-56/h2-38H,1H3. The number of benzene rings is 10. The van der Waals surface area contributed by atoms with Gasteiger partial charge in [-0.15, -0.1) is 22.7 Å². The lowest BCUT2D eigenvalue weighted by Gasteiger charge is -2.36. The van der Waals surface area contributed by atoms with Crippen LogP contribution >= 0.6 is 22.7 Å². The molecule has 4 heteroatoms. The minimum absolute atomic E-state index is 0.456. The van der Waals surface area contributed by atoms with Crippen molar-refractivity contribution in [2.24, 2.45) is 0 Å². The number of para-hydroxylation sites is 2. The van der Waals surface area contributed by atoms with Gasteiger partial charge in [-0.05, 0) is 119 Å². The molecule has 0 fully saturated rings. The summed E-state index contributed by atoms with van der Waals surface area (Å²) in [6.07, 6.45) is 0. The monoisotopic (exact) mass is 852 g/mol. The van der Waals surface area contributed by atoms with E-state index < -0.39 is 5.41 Å². The summed E-state index contributed by atoms with van der Waals surface area (Å²) in [6.45, 7) is 2.45. The fourth-order valence-electron chi connectivity index (χ4n) is 10.6. The summed E-state index contributed by atoms with van der Waals surface area (Å²) in [6, 6.07) is 83.3. The Balaban J connectivity index is 1.19. The van der Waals surface area contributed by atoms with E-state index in [0.717, 1.165) is 34.1 Å². The van der Waals surface area contributed by atoms with Crippen LogP contribution in [0.15, 0.2) is 224 Å². The average molecular weight is 853 g/mol. The highest BCUT2D eigenvalue weighted by atomic mass is 32.1. The number of fused-ring (bicyclic) bond motifs is 11. The quantitative estimate of drug-likeness (QED) is 0.158. The molecule has 13 rings (SSSR count). The predicted octanol–water partition coefficient (Wildman–Crippen LogP) is 17.8. The molecule has 0 aliphatic heterocycles. The normalized spacial score (nSPS) is 14.4. The third kappa shape index (κ3) is 5.56. The molecule has 1 aliphatic carbocycles. The summed E-state index contributed by atoms with van der Waals surface area (Å²) >= 11 is 3.72. The summed E-state index contributed by atoms with van der Waals surface area (Å²) in [5.74, 6) is 0. The van der Waals surface area contributed by atoms with Crippen LogP contribution in [-0.4, -0.2) is 0 Å². The topological polar surface area (TPSA) is 6.48 Å². The molecule has 2 aromatic heterocycles. The highest BCUT2D eigenvalue weighted by Gasteiger charge is 2.45. The first kappa shape index (κ1) is 37.1. The second-order valence-corrected chi connectivity index (χ2v) is 19.1. The van der Waals surface area contributed by atoms with Gasteiger partial charge in [-0.1, -0.05) is 146 Å². The van der Waals surface area contributed by atoms with Gasteiger partial charge in [-0.3, -0.25) is 0 Å². The third-order valence-corrected chi connectivity index (χ3v) is 15.8. The van der Waals surface area contributed by atoms with Crippen LogP contribution < -0.4 is 9.80 Å². The Bertz CT molecular complexity index is 3760. The Kier molecular flexibility index (Phi) is 8.42. The van der Waals surface area contributed by atoms with Crippen LogP contribution in [-0.2, 0) is 5.41 Å². The van der Waals surface area contributed by atoms with Crippen molar-refractivity contribution in [2.45, 2.75) is 12.3 Å². The van der Waals surface area contributed by atoms with Gasteiger partial charge in [0.25, 0.3) is 0 Å². The molecule has 0 N–H and O–H groups in total. The second kappa shape index (κ2) is 14.5. The van der Waals surface area contributed by atoms with Crippen molar-refractivity contribution in [3.05, 3.63) is 241 Å². The van der Waals surface area contributed by atoms with E-state index in [9.17, 15) is 0 Å². The minimum Gasteiger partial charge on any atom is -0.308 e. The third-order valence-electron chi connectivity index (χ3n) is 13.5. The number of anilines is 6. The average Bonchev–Trinajstić information content (AvgIpc) is 4.01. The first-order valence-electron chi connectivity index (χ1n) is 21.9. The van der Waals surface area contributed by atoms with Crippen LogP contribution in [0.1, 0.15) is 23.6 Å². The van der Waals surface area contributed by atoms with Crippen LogP contribution in [0.3, 0.4) is 0 Å². The van der Waals surface area contributed by atoms with Crippen molar-refractivity contribution in [3.63, 3.8) is 0 Å². The Hall–Kier alpha value is -7.50. The smallest absolute Gasteiger partial charge is 0.0784 e. The molecule has 2 nitrogen and oxygen atoms in total.